The normalized spacial score (nSPS) is 11.4. The molecule has 0 aliphatic rings. The topological polar surface area (TPSA) is 122 Å². The molecule has 1 rings (SSSR count). The Bertz CT molecular complexity index is 662. The number of nitro groups is 1. The molecule has 0 saturated heterocycles. The smallest absolute Gasteiger partial charge is 0.270 e. The number of amides is 1. The standard InChI is InChI=1S/C13H20N4O5S/c1-14-7-4-8-15-13(18)10-16(2)23(21,22)12-6-3-5-11(9-12)17(19)20/h3,5-6,9,14H,4,7-8,10H2,1-2H3,(H,15,18). The molecule has 0 aliphatic heterocycles. The maximum atomic E-state index is 12.3. The van der Waals surface area contributed by atoms with Crippen molar-refractivity contribution in [3.63, 3.8) is 0 Å². The number of hydrogen-bond donors (Lipinski definition) is 2. The van der Waals surface area contributed by atoms with E-state index >= 15 is 0 Å². The molecule has 1 aromatic carbocycles. The lowest BCUT2D eigenvalue weighted by molar-refractivity contribution is -0.385. The van der Waals surface area contributed by atoms with Crippen LogP contribution in [0.25, 0.3) is 0 Å². The van der Waals surface area contributed by atoms with Gasteiger partial charge in [-0.25, -0.2) is 8.42 Å². The number of non-ortho nitro benzene ring substituents is 1. The minimum Gasteiger partial charge on any atom is -0.355 e. The van der Waals surface area contributed by atoms with Crippen LogP contribution >= 0.6 is 0 Å². The first-order valence-electron chi connectivity index (χ1n) is 6.91. The SMILES string of the molecule is CNCCCNC(=O)CN(C)S(=O)(=O)c1cccc([N+](=O)[O-])c1. The number of sulfonamides is 1. The maximum absolute atomic E-state index is 12.3. The number of hydrogen-bond acceptors (Lipinski definition) is 6. The average Bonchev–Trinajstić information content (AvgIpc) is 2.51. The Balaban J connectivity index is 2.74. The number of benzene rings is 1. The van der Waals surface area contributed by atoms with Gasteiger partial charge in [0.15, 0.2) is 0 Å². The van der Waals surface area contributed by atoms with E-state index in [1.807, 2.05) is 0 Å². The molecule has 0 fully saturated rings. The van der Waals surface area contributed by atoms with Crippen molar-refractivity contribution in [3.05, 3.63) is 34.4 Å². The molecule has 2 N–H and O–H groups in total. The van der Waals surface area contributed by atoms with Crippen molar-refractivity contribution in [1.82, 2.24) is 14.9 Å². The van der Waals surface area contributed by atoms with Crippen LogP contribution in [0.15, 0.2) is 29.2 Å². The largest absolute Gasteiger partial charge is 0.355 e. The van der Waals surface area contributed by atoms with E-state index in [2.05, 4.69) is 10.6 Å². The summed E-state index contributed by atoms with van der Waals surface area (Å²) in [6.45, 7) is 0.817. The van der Waals surface area contributed by atoms with Crippen molar-refractivity contribution in [3.8, 4) is 0 Å². The van der Waals surface area contributed by atoms with E-state index in [0.717, 1.165) is 23.3 Å². The summed E-state index contributed by atoms with van der Waals surface area (Å²) in [5, 5.41) is 16.3. The summed E-state index contributed by atoms with van der Waals surface area (Å²) < 4.78 is 25.5. The third-order valence-corrected chi connectivity index (χ3v) is 4.83. The molecule has 0 bridgehead atoms. The molecule has 0 aromatic heterocycles. The number of nitrogens with zero attached hydrogens (tertiary/aromatic N) is 2. The van der Waals surface area contributed by atoms with Gasteiger partial charge >= 0.3 is 0 Å². The fourth-order valence-corrected chi connectivity index (χ4v) is 2.94. The second-order valence-electron chi connectivity index (χ2n) is 4.82. The van der Waals surface area contributed by atoms with Gasteiger partial charge in [-0.1, -0.05) is 6.07 Å². The van der Waals surface area contributed by atoms with Crippen LogP contribution in [0.1, 0.15) is 6.42 Å². The van der Waals surface area contributed by atoms with E-state index in [9.17, 15) is 23.3 Å². The van der Waals surface area contributed by atoms with Crippen molar-refractivity contribution in [2.75, 3.05) is 33.7 Å². The number of carbonyl (C=O) groups is 1. The van der Waals surface area contributed by atoms with Crippen LogP contribution in [0.2, 0.25) is 0 Å². The minimum atomic E-state index is -3.97. The molecule has 9 nitrogen and oxygen atoms in total. The molecule has 1 amide bonds. The summed E-state index contributed by atoms with van der Waals surface area (Å²) in [6.07, 6.45) is 0.726. The summed E-state index contributed by atoms with van der Waals surface area (Å²) in [5.41, 5.74) is -0.323. The van der Waals surface area contributed by atoms with Crippen LogP contribution in [0.4, 0.5) is 5.69 Å². The van der Waals surface area contributed by atoms with Gasteiger partial charge in [0.1, 0.15) is 0 Å². The zero-order valence-electron chi connectivity index (χ0n) is 13.0. The van der Waals surface area contributed by atoms with Gasteiger partial charge < -0.3 is 10.6 Å². The van der Waals surface area contributed by atoms with Crippen LogP contribution in [-0.2, 0) is 14.8 Å². The first kappa shape index (κ1) is 19.0. The van der Waals surface area contributed by atoms with Crippen LogP contribution in [0, 0.1) is 10.1 Å². The first-order valence-corrected chi connectivity index (χ1v) is 8.35. The molecule has 10 heteroatoms. The van der Waals surface area contributed by atoms with E-state index < -0.39 is 20.9 Å². The highest BCUT2D eigenvalue weighted by Gasteiger charge is 2.24. The van der Waals surface area contributed by atoms with Crippen LogP contribution in [0.5, 0.6) is 0 Å². The van der Waals surface area contributed by atoms with Crippen LogP contribution in [-0.4, -0.2) is 57.3 Å². The van der Waals surface area contributed by atoms with Gasteiger partial charge in [0.25, 0.3) is 5.69 Å². The monoisotopic (exact) mass is 344 g/mol. The fourth-order valence-electron chi connectivity index (χ4n) is 1.77. The van der Waals surface area contributed by atoms with Crippen LogP contribution < -0.4 is 10.6 Å². The number of rotatable bonds is 9. The second-order valence-corrected chi connectivity index (χ2v) is 6.87. The highest BCUT2D eigenvalue weighted by Crippen LogP contribution is 2.19. The summed E-state index contributed by atoms with van der Waals surface area (Å²) >= 11 is 0. The zero-order valence-corrected chi connectivity index (χ0v) is 13.8. The van der Waals surface area contributed by atoms with Gasteiger partial charge in [-0.05, 0) is 26.1 Å². The van der Waals surface area contributed by atoms with Crippen LogP contribution in [0.3, 0.4) is 0 Å². The lowest BCUT2D eigenvalue weighted by atomic mass is 10.3. The highest BCUT2D eigenvalue weighted by molar-refractivity contribution is 7.89. The summed E-state index contributed by atoms with van der Waals surface area (Å²) in [5.74, 6) is -0.433. The molecule has 0 unspecified atom stereocenters. The van der Waals surface area contributed by atoms with E-state index in [1.54, 1.807) is 7.05 Å². The Morgan fingerprint density at radius 1 is 1.35 bits per heavy atom. The van der Waals surface area contributed by atoms with Gasteiger partial charge in [0.2, 0.25) is 15.9 Å². The average molecular weight is 344 g/mol. The van der Waals surface area contributed by atoms with Gasteiger partial charge in [0, 0.05) is 25.7 Å². The summed E-state index contributed by atoms with van der Waals surface area (Å²) in [4.78, 5) is 21.6. The van der Waals surface area contributed by atoms with E-state index in [-0.39, 0.29) is 17.1 Å². The van der Waals surface area contributed by atoms with Gasteiger partial charge in [-0.15, -0.1) is 0 Å². The molecular formula is C13H20N4O5S. The Labute approximate surface area is 134 Å². The van der Waals surface area contributed by atoms with Crippen molar-refractivity contribution < 1.29 is 18.1 Å². The molecular weight excluding hydrogens is 324 g/mol. The minimum absolute atomic E-state index is 0.225. The summed E-state index contributed by atoms with van der Waals surface area (Å²) in [7, 11) is -0.925. The molecule has 0 heterocycles. The molecule has 0 aliphatic carbocycles. The van der Waals surface area contributed by atoms with Crippen molar-refractivity contribution in [1.29, 1.82) is 0 Å². The quantitative estimate of drug-likeness (QED) is 0.368. The second kappa shape index (κ2) is 8.56. The van der Waals surface area contributed by atoms with Crippen molar-refractivity contribution >= 4 is 21.6 Å². The number of carbonyl (C=O) groups excluding carboxylic acids is 1. The predicted octanol–water partition coefficient (Wildman–Crippen LogP) is -0.0590. The zero-order chi connectivity index (χ0) is 17.5. The summed E-state index contributed by atoms with van der Waals surface area (Å²) in [6, 6.07) is 4.71. The molecule has 0 radical (unpaired) electrons. The van der Waals surface area contributed by atoms with Gasteiger partial charge in [-0.2, -0.15) is 4.31 Å². The Kier molecular flexibility index (Phi) is 7.07. The van der Waals surface area contributed by atoms with Crippen molar-refractivity contribution in [2.45, 2.75) is 11.3 Å². The van der Waals surface area contributed by atoms with E-state index in [0.29, 0.717) is 6.54 Å². The van der Waals surface area contributed by atoms with Gasteiger partial charge in [0.05, 0.1) is 16.4 Å². The molecule has 0 saturated carbocycles. The fraction of sp³-hybridized carbons (Fsp3) is 0.462. The predicted molar refractivity (Wildman–Crippen MR) is 84.5 cm³/mol. The van der Waals surface area contributed by atoms with Gasteiger partial charge in [-0.3, -0.25) is 14.9 Å². The number of nitrogens with one attached hydrogen (secondary N) is 2. The van der Waals surface area contributed by atoms with E-state index in [4.69, 9.17) is 0 Å². The molecule has 128 valence electrons. The lowest BCUT2D eigenvalue weighted by Gasteiger charge is -2.16. The Morgan fingerprint density at radius 3 is 2.65 bits per heavy atom. The highest BCUT2D eigenvalue weighted by atomic mass is 32.2. The maximum Gasteiger partial charge on any atom is 0.270 e. The third-order valence-electron chi connectivity index (χ3n) is 3.03. The first-order chi connectivity index (χ1) is 10.8. The van der Waals surface area contributed by atoms with Crippen molar-refractivity contribution in [2.24, 2.45) is 0 Å². The Hall–Kier alpha value is -2.04. The molecule has 0 atom stereocenters. The number of nitro benzene ring substituents is 1. The molecule has 0 spiro atoms. The number of likely N-dealkylation sites (N-methyl/N-ethyl adjacent to an activating group) is 1. The Morgan fingerprint density at radius 2 is 2.04 bits per heavy atom. The third kappa shape index (κ3) is 5.58. The molecule has 1 aromatic rings. The lowest BCUT2D eigenvalue weighted by Crippen LogP contribution is -2.39. The van der Waals surface area contributed by atoms with E-state index in [1.165, 1.54) is 25.2 Å². The molecule has 23 heavy (non-hydrogen) atoms.